The summed E-state index contributed by atoms with van der Waals surface area (Å²) in [7, 11) is -1.37. The second-order valence-corrected chi connectivity index (χ2v) is 10.5. The van der Waals surface area contributed by atoms with Crippen LogP contribution in [-0.2, 0) is 21.1 Å². The van der Waals surface area contributed by atoms with E-state index < -0.39 is 9.84 Å². The first-order chi connectivity index (χ1) is 12.4. The summed E-state index contributed by atoms with van der Waals surface area (Å²) in [6.45, 7) is 0.660. The SMILES string of the molecule is COc1ccc(CCN2C(=NC(=O)C3CC3)S[C@@H]3CS(=O)(=O)C[C@@H]32)cc1. The van der Waals surface area contributed by atoms with E-state index in [1.807, 2.05) is 29.2 Å². The fourth-order valence-corrected chi connectivity index (χ4v) is 7.44. The van der Waals surface area contributed by atoms with Crippen molar-refractivity contribution in [3.63, 3.8) is 0 Å². The van der Waals surface area contributed by atoms with Crippen molar-refractivity contribution in [2.75, 3.05) is 25.2 Å². The van der Waals surface area contributed by atoms with Crippen LogP contribution >= 0.6 is 11.8 Å². The van der Waals surface area contributed by atoms with Gasteiger partial charge in [-0.05, 0) is 37.0 Å². The number of aliphatic imine (C=N–C) groups is 1. The number of fused-ring (bicyclic) bond motifs is 1. The number of carbonyl (C=O) groups is 1. The summed E-state index contributed by atoms with van der Waals surface area (Å²) < 4.78 is 29.2. The number of thioether (sulfide) groups is 1. The highest BCUT2D eigenvalue weighted by molar-refractivity contribution is 8.15. The number of benzene rings is 1. The zero-order valence-corrected chi connectivity index (χ0v) is 16.3. The number of sulfone groups is 1. The van der Waals surface area contributed by atoms with E-state index >= 15 is 0 Å². The fourth-order valence-electron chi connectivity index (χ4n) is 3.45. The quantitative estimate of drug-likeness (QED) is 0.757. The lowest BCUT2D eigenvalue weighted by molar-refractivity contribution is -0.118. The number of carbonyl (C=O) groups excluding carboxylic acids is 1. The molecule has 6 nitrogen and oxygen atoms in total. The van der Waals surface area contributed by atoms with Crippen LogP contribution in [0.2, 0.25) is 0 Å². The van der Waals surface area contributed by atoms with Gasteiger partial charge in [0.25, 0.3) is 5.91 Å². The monoisotopic (exact) mass is 394 g/mol. The first kappa shape index (κ1) is 17.9. The van der Waals surface area contributed by atoms with E-state index in [-0.39, 0.29) is 34.6 Å². The van der Waals surface area contributed by atoms with Gasteiger partial charge in [0.1, 0.15) is 5.75 Å². The van der Waals surface area contributed by atoms with Gasteiger partial charge in [-0.25, -0.2) is 8.42 Å². The fraction of sp³-hybridized carbons (Fsp3) is 0.556. The molecule has 0 spiro atoms. The smallest absolute Gasteiger partial charge is 0.251 e. The molecular weight excluding hydrogens is 372 g/mol. The minimum Gasteiger partial charge on any atom is -0.497 e. The second-order valence-electron chi connectivity index (χ2n) is 7.10. The largest absolute Gasteiger partial charge is 0.497 e. The number of nitrogens with zero attached hydrogens (tertiary/aromatic N) is 2. The highest BCUT2D eigenvalue weighted by Crippen LogP contribution is 2.39. The molecule has 1 aromatic rings. The summed E-state index contributed by atoms with van der Waals surface area (Å²) in [6.07, 6.45) is 2.62. The van der Waals surface area contributed by atoms with E-state index in [0.29, 0.717) is 11.7 Å². The molecule has 2 aliphatic heterocycles. The third-order valence-corrected chi connectivity index (χ3v) is 8.36. The van der Waals surface area contributed by atoms with Crippen molar-refractivity contribution < 1.29 is 17.9 Å². The van der Waals surface area contributed by atoms with Gasteiger partial charge in [-0.15, -0.1) is 0 Å². The lowest BCUT2D eigenvalue weighted by Gasteiger charge is -2.24. The van der Waals surface area contributed by atoms with Gasteiger partial charge in [-0.3, -0.25) is 4.79 Å². The molecule has 4 rings (SSSR count). The molecule has 2 atom stereocenters. The Morgan fingerprint density at radius 2 is 2.00 bits per heavy atom. The minimum atomic E-state index is -3.01. The minimum absolute atomic E-state index is 0.0124. The van der Waals surface area contributed by atoms with Crippen molar-refractivity contribution >= 4 is 32.7 Å². The van der Waals surface area contributed by atoms with Gasteiger partial charge in [-0.2, -0.15) is 4.99 Å². The maximum absolute atomic E-state index is 12.1. The van der Waals surface area contributed by atoms with Gasteiger partial charge < -0.3 is 9.64 Å². The van der Waals surface area contributed by atoms with E-state index in [4.69, 9.17) is 4.74 Å². The van der Waals surface area contributed by atoms with Gasteiger partial charge in [-0.1, -0.05) is 23.9 Å². The zero-order chi connectivity index (χ0) is 18.3. The number of hydrogen-bond donors (Lipinski definition) is 0. The molecule has 0 radical (unpaired) electrons. The Labute approximate surface area is 157 Å². The highest BCUT2D eigenvalue weighted by Gasteiger charge is 2.48. The summed E-state index contributed by atoms with van der Waals surface area (Å²) >= 11 is 1.46. The Kier molecular flexibility index (Phi) is 4.73. The molecule has 8 heteroatoms. The van der Waals surface area contributed by atoms with Gasteiger partial charge in [0.2, 0.25) is 0 Å². The van der Waals surface area contributed by atoms with Gasteiger partial charge in [0.15, 0.2) is 15.0 Å². The maximum Gasteiger partial charge on any atom is 0.251 e. The van der Waals surface area contributed by atoms with E-state index in [1.165, 1.54) is 11.8 Å². The number of rotatable bonds is 5. The van der Waals surface area contributed by atoms with Crippen LogP contribution in [0.5, 0.6) is 5.75 Å². The van der Waals surface area contributed by atoms with Crippen LogP contribution < -0.4 is 4.74 Å². The van der Waals surface area contributed by atoms with Crippen LogP contribution in [0, 0.1) is 5.92 Å². The molecule has 0 aromatic heterocycles. The van der Waals surface area contributed by atoms with Crippen molar-refractivity contribution in [1.29, 1.82) is 0 Å². The van der Waals surface area contributed by atoms with Crippen LogP contribution in [0.3, 0.4) is 0 Å². The first-order valence-corrected chi connectivity index (χ1v) is 11.5. The molecule has 0 unspecified atom stereocenters. The van der Waals surface area contributed by atoms with Crippen molar-refractivity contribution in [2.45, 2.75) is 30.6 Å². The summed E-state index contributed by atoms with van der Waals surface area (Å²) in [4.78, 5) is 18.5. The Balaban J connectivity index is 1.50. The van der Waals surface area contributed by atoms with Gasteiger partial charge in [0.05, 0.1) is 24.7 Å². The van der Waals surface area contributed by atoms with E-state index in [0.717, 1.165) is 30.6 Å². The van der Waals surface area contributed by atoms with Gasteiger partial charge >= 0.3 is 0 Å². The predicted octanol–water partition coefficient (Wildman–Crippen LogP) is 1.74. The van der Waals surface area contributed by atoms with Crippen LogP contribution in [0.25, 0.3) is 0 Å². The molecule has 26 heavy (non-hydrogen) atoms. The van der Waals surface area contributed by atoms with E-state index in [2.05, 4.69) is 4.99 Å². The molecule has 3 fully saturated rings. The number of amides is 1. The summed E-state index contributed by atoms with van der Waals surface area (Å²) in [5.41, 5.74) is 1.15. The summed E-state index contributed by atoms with van der Waals surface area (Å²) in [5, 5.41) is 0.696. The average Bonchev–Trinajstić information content (AvgIpc) is 3.35. The third-order valence-electron chi connectivity index (χ3n) is 5.11. The molecule has 3 aliphatic rings. The maximum atomic E-state index is 12.1. The number of hydrogen-bond acceptors (Lipinski definition) is 5. The van der Waals surface area contributed by atoms with Crippen molar-refractivity contribution in [2.24, 2.45) is 10.9 Å². The number of amidine groups is 1. The molecule has 1 aliphatic carbocycles. The molecule has 2 saturated heterocycles. The molecule has 2 heterocycles. The van der Waals surface area contributed by atoms with Crippen LogP contribution in [-0.4, -0.2) is 60.8 Å². The topological polar surface area (TPSA) is 76.0 Å². The number of methoxy groups -OCH3 is 1. The van der Waals surface area contributed by atoms with Crippen molar-refractivity contribution in [3.8, 4) is 5.75 Å². The molecule has 0 bridgehead atoms. The molecule has 1 amide bonds. The Bertz CT molecular complexity index is 831. The summed E-state index contributed by atoms with van der Waals surface area (Å²) in [5.74, 6) is 1.17. The average molecular weight is 395 g/mol. The summed E-state index contributed by atoms with van der Waals surface area (Å²) in [6, 6.07) is 7.79. The molecular formula is C18H22N2O4S2. The van der Waals surface area contributed by atoms with Crippen molar-refractivity contribution in [3.05, 3.63) is 29.8 Å². The molecule has 140 valence electrons. The van der Waals surface area contributed by atoms with Crippen molar-refractivity contribution in [1.82, 2.24) is 4.90 Å². The van der Waals surface area contributed by atoms with Crippen LogP contribution in [0.4, 0.5) is 0 Å². The lowest BCUT2D eigenvalue weighted by atomic mass is 10.1. The van der Waals surface area contributed by atoms with E-state index in [9.17, 15) is 13.2 Å². The zero-order valence-electron chi connectivity index (χ0n) is 14.6. The molecule has 1 saturated carbocycles. The Morgan fingerprint density at radius 1 is 1.27 bits per heavy atom. The normalized spacial score (nSPS) is 28.3. The first-order valence-electron chi connectivity index (χ1n) is 8.84. The van der Waals surface area contributed by atoms with Crippen LogP contribution in [0.15, 0.2) is 29.3 Å². The third kappa shape index (κ3) is 3.76. The standard InChI is InChI=1S/C18H22N2O4S2/c1-24-14-6-2-12(3-7-14)8-9-20-15-10-26(22,23)11-16(15)25-18(20)19-17(21)13-4-5-13/h2-3,6-7,13,15-16H,4-5,8-11H2,1H3/t15-,16+/m0/s1. The Morgan fingerprint density at radius 3 is 2.65 bits per heavy atom. The second kappa shape index (κ2) is 6.88. The Hall–Kier alpha value is -1.54. The predicted molar refractivity (Wildman–Crippen MR) is 102 cm³/mol. The lowest BCUT2D eigenvalue weighted by Crippen LogP contribution is -2.39. The number of ether oxygens (including phenoxy) is 1. The van der Waals surface area contributed by atoms with Crippen LogP contribution in [0.1, 0.15) is 18.4 Å². The molecule has 1 aromatic carbocycles. The van der Waals surface area contributed by atoms with Gasteiger partial charge in [0, 0.05) is 17.7 Å². The van der Waals surface area contributed by atoms with E-state index in [1.54, 1.807) is 7.11 Å². The highest BCUT2D eigenvalue weighted by atomic mass is 32.2. The molecule has 0 N–H and O–H groups in total.